The second-order valence-electron chi connectivity index (χ2n) is 2.12. The molecular weight excluding hydrogens is 148 g/mol. The standard InChI is InChI=1S/C7H10O4/c1-2-7(8)11-6-3-9-5-10-4-6/h2,6H,1,3-5H2. The van der Waals surface area contributed by atoms with Gasteiger partial charge in [-0.15, -0.1) is 0 Å². The van der Waals surface area contributed by atoms with E-state index in [-0.39, 0.29) is 12.9 Å². The minimum Gasteiger partial charge on any atom is -0.454 e. The number of carbonyl (C=O) groups is 1. The van der Waals surface area contributed by atoms with Gasteiger partial charge in [-0.05, 0) is 0 Å². The number of esters is 1. The van der Waals surface area contributed by atoms with Crippen molar-refractivity contribution < 1.29 is 19.0 Å². The molecule has 0 N–H and O–H groups in total. The van der Waals surface area contributed by atoms with Crippen molar-refractivity contribution in [1.29, 1.82) is 0 Å². The van der Waals surface area contributed by atoms with Crippen LogP contribution in [-0.2, 0) is 19.0 Å². The molecule has 0 aliphatic carbocycles. The lowest BCUT2D eigenvalue weighted by Gasteiger charge is -2.21. The number of ether oxygens (including phenoxy) is 3. The van der Waals surface area contributed by atoms with Crippen LogP contribution in [0.15, 0.2) is 12.7 Å². The van der Waals surface area contributed by atoms with Gasteiger partial charge in [0.15, 0.2) is 0 Å². The average molecular weight is 158 g/mol. The highest BCUT2D eigenvalue weighted by Gasteiger charge is 2.16. The molecule has 0 unspecified atom stereocenters. The summed E-state index contributed by atoms with van der Waals surface area (Å²) in [6.45, 7) is 4.35. The van der Waals surface area contributed by atoms with Gasteiger partial charge in [0.05, 0.1) is 13.2 Å². The van der Waals surface area contributed by atoms with Crippen LogP contribution < -0.4 is 0 Å². The zero-order valence-electron chi connectivity index (χ0n) is 6.12. The second-order valence-corrected chi connectivity index (χ2v) is 2.12. The zero-order chi connectivity index (χ0) is 8.10. The maximum Gasteiger partial charge on any atom is 0.330 e. The molecule has 62 valence electrons. The molecule has 1 aliphatic rings. The normalized spacial score (nSPS) is 19.3. The monoisotopic (exact) mass is 158 g/mol. The summed E-state index contributed by atoms with van der Waals surface area (Å²) in [5, 5.41) is 0. The van der Waals surface area contributed by atoms with Crippen LogP contribution in [0.3, 0.4) is 0 Å². The molecule has 4 nitrogen and oxygen atoms in total. The number of hydrogen-bond acceptors (Lipinski definition) is 4. The van der Waals surface area contributed by atoms with Gasteiger partial charge in [0, 0.05) is 6.08 Å². The first-order chi connectivity index (χ1) is 5.33. The van der Waals surface area contributed by atoms with Crippen LogP contribution in [0.4, 0.5) is 0 Å². The van der Waals surface area contributed by atoms with Gasteiger partial charge in [-0.1, -0.05) is 6.58 Å². The molecule has 0 aromatic carbocycles. The summed E-state index contributed by atoms with van der Waals surface area (Å²) in [5.41, 5.74) is 0. The fourth-order valence-corrected chi connectivity index (χ4v) is 0.747. The van der Waals surface area contributed by atoms with E-state index in [0.717, 1.165) is 6.08 Å². The van der Waals surface area contributed by atoms with Gasteiger partial charge in [-0.25, -0.2) is 4.79 Å². The largest absolute Gasteiger partial charge is 0.454 e. The molecule has 4 heteroatoms. The predicted molar refractivity (Wildman–Crippen MR) is 36.8 cm³/mol. The second kappa shape index (κ2) is 4.10. The molecule has 0 amide bonds. The van der Waals surface area contributed by atoms with Crippen molar-refractivity contribution in [2.24, 2.45) is 0 Å². The first-order valence-electron chi connectivity index (χ1n) is 3.31. The Morgan fingerprint density at radius 1 is 1.55 bits per heavy atom. The predicted octanol–water partition coefficient (Wildman–Crippen LogP) is 0.0885. The first kappa shape index (κ1) is 8.23. The fourth-order valence-electron chi connectivity index (χ4n) is 0.747. The Kier molecular flexibility index (Phi) is 3.07. The maximum absolute atomic E-state index is 10.6. The number of rotatable bonds is 2. The Morgan fingerprint density at radius 3 is 2.73 bits per heavy atom. The fraction of sp³-hybridized carbons (Fsp3) is 0.571. The Bertz CT molecular complexity index is 149. The van der Waals surface area contributed by atoms with E-state index in [9.17, 15) is 4.79 Å². The zero-order valence-corrected chi connectivity index (χ0v) is 6.12. The number of hydrogen-bond donors (Lipinski definition) is 0. The molecular formula is C7H10O4. The van der Waals surface area contributed by atoms with E-state index in [1.165, 1.54) is 0 Å². The van der Waals surface area contributed by atoms with Gasteiger partial charge in [0.2, 0.25) is 0 Å². The van der Waals surface area contributed by atoms with Crippen LogP contribution in [0.2, 0.25) is 0 Å². The van der Waals surface area contributed by atoms with Gasteiger partial charge in [0.1, 0.15) is 12.9 Å². The number of carbonyl (C=O) groups excluding carboxylic acids is 1. The van der Waals surface area contributed by atoms with Crippen molar-refractivity contribution in [2.45, 2.75) is 6.10 Å². The Hall–Kier alpha value is -0.870. The smallest absolute Gasteiger partial charge is 0.330 e. The van der Waals surface area contributed by atoms with Crippen molar-refractivity contribution in [3.8, 4) is 0 Å². The van der Waals surface area contributed by atoms with Crippen molar-refractivity contribution in [2.75, 3.05) is 20.0 Å². The molecule has 1 fully saturated rings. The van der Waals surface area contributed by atoms with Gasteiger partial charge >= 0.3 is 5.97 Å². The molecule has 0 atom stereocenters. The summed E-state index contributed by atoms with van der Waals surface area (Å²) in [7, 11) is 0. The molecule has 1 saturated heterocycles. The lowest BCUT2D eigenvalue weighted by atomic mass is 10.4. The summed E-state index contributed by atoms with van der Waals surface area (Å²) in [5.74, 6) is -0.441. The highest BCUT2D eigenvalue weighted by molar-refractivity contribution is 5.81. The first-order valence-corrected chi connectivity index (χ1v) is 3.31. The Balaban J connectivity index is 2.24. The van der Waals surface area contributed by atoms with Gasteiger partial charge in [-0.2, -0.15) is 0 Å². The molecule has 0 aromatic heterocycles. The van der Waals surface area contributed by atoms with Crippen LogP contribution in [0.1, 0.15) is 0 Å². The Morgan fingerprint density at radius 2 is 2.18 bits per heavy atom. The van der Waals surface area contributed by atoms with E-state index < -0.39 is 5.97 Å². The molecule has 1 heterocycles. The topological polar surface area (TPSA) is 44.8 Å². The molecule has 1 aliphatic heterocycles. The summed E-state index contributed by atoms with van der Waals surface area (Å²) < 4.78 is 14.6. The quantitative estimate of drug-likeness (QED) is 0.422. The van der Waals surface area contributed by atoms with Crippen molar-refractivity contribution in [1.82, 2.24) is 0 Å². The highest BCUT2D eigenvalue weighted by atomic mass is 16.7. The van der Waals surface area contributed by atoms with Crippen LogP contribution >= 0.6 is 0 Å². The minimum atomic E-state index is -0.441. The van der Waals surface area contributed by atoms with Gasteiger partial charge < -0.3 is 14.2 Å². The lowest BCUT2D eigenvalue weighted by molar-refractivity contribution is -0.179. The van der Waals surface area contributed by atoms with E-state index in [4.69, 9.17) is 14.2 Å². The molecule has 11 heavy (non-hydrogen) atoms. The van der Waals surface area contributed by atoms with E-state index >= 15 is 0 Å². The van der Waals surface area contributed by atoms with E-state index in [1.807, 2.05) is 0 Å². The summed E-state index contributed by atoms with van der Waals surface area (Å²) >= 11 is 0. The van der Waals surface area contributed by atoms with Crippen molar-refractivity contribution >= 4 is 5.97 Å². The van der Waals surface area contributed by atoms with Crippen molar-refractivity contribution in [3.63, 3.8) is 0 Å². The lowest BCUT2D eigenvalue weighted by Crippen LogP contribution is -2.32. The molecule has 0 radical (unpaired) electrons. The third-order valence-corrected chi connectivity index (χ3v) is 1.22. The van der Waals surface area contributed by atoms with E-state index in [0.29, 0.717) is 13.2 Å². The summed E-state index contributed by atoms with van der Waals surface area (Å²) in [4.78, 5) is 10.6. The van der Waals surface area contributed by atoms with Crippen LogP contribution in [0.25, 0.3) is 0 Å². The van der Waals surface area contributed by atoms with Gasteiger partial charge in [0.25, 0.3) is 0 Å². The third-order valence-electron chi connectivity index (χ3n) is 1.22. The average Bonchev–Trinajstić information content (AvgIpc) is 2.06. The SMILES string of the molecule is C=CC(=O)OC1COCOC1. The molecule has 0 aromatic rings. The van der Waals surface area contributed by atoms with Gasteiger partial charge in [-0.3, -0.25) is 0 Å². The molecule has 0 bridgehead atoms. The summed E-state index contributed by atoms with van der Waals surface area (Å²) in [6.07, 6.45) is 0.837. The van der Waals surface area contributed by atoms with Crippen LogP contribution in [0.5, 0.6) is 0 Å². The summed E-state index contributed by atoms with van der Waals surface area (Å²) in [6, 6.07) is 0. The van der Waals surface area contributed by atoms with E-state index in [2.05, 4.69) is 6.58 Å². The maximum atomic E-state index is 10.6. The molecule has 0 saturated carbocycles. The van der Waals surface area contributed by atoms with Crippen LogP contribution in [-0.4, -0.2) is 32.1 Å². The highest BCUT2D eigenvalue weighted by Crippen LogP contribution is 2.01. The molecule has 1 rings (SSSR count). The minimum absolute atomic E-state index is 0.280. The van der Waals surface area contributed by atoms with Crippen LogP contribution in [0, 0.1) is 0 Å². The Labute approximate surface area is 64.7 Å². The molecule has 0 spiro atoms. The van der Waals surface area contributed by atoms with E-state index in [1.54, 1.807) is 0 Å². The third kappa shape index (κ3) is 2.69. The van der Waals surface area contributed by atoms with Crippen molar-refractivity contribution in [3.05, 3.63) is 12.7 Å².